The Labute approximate surface area is 123 Å². The third kappa shape index (κ3) is 3.45. The van der Waals surface area contributed by atoms with Crippen LogP contribution in [0.25, 0.3) is 0 Å². The quantitative estimate of drug-likeness (QED) is 0.789. The van der Waals surface area contributed by atoms with E-state index in [-0.39, 0.29) is 6.54 Å². The van der Waals surface area contributed by atoms with Gasteiger partial charge in [0.25, 0.3) is 0 Å². The van der Waals surface area contributed by atoms with E-state index >= 15 is 0 Å². The van der Waals surface area contributed by atoms with Gasteiger partial charge in [0.05, 0.1) is 19.2 Å². The summed E-state index contributed by atoms with van der Waals surface area (Å²) in [6.45, 7) is 2.93. The van der Waals surface area contributed by atoms with Gasteiger partial charge in [-0.3, -0.25) is 0 Å². The van der Waals surface area contributed by atoms with Gasteiger partial charge in [0.15, 0.2) is 6.10 Å². The number of urea groups is 1. The number of morpholine rings is 1. The molecule has 7 heteroatoms. The minimum Gasteiger partial charge on any atom is -0.480 e. The van der Waals surface area contributed by atoms with E-state index in [0.29, 0.717) is 31.9 Å². The zero-order valence-electron chi connectivity index (χ0n) is 12.2. The van der Waals surface area contributed by atoms with Gasteiger partial charge in [0, 0.05) is 6.54 Å². The summed E-state index contributed by atoms with van der Waals surface area (Å²) in [5, 5.41) is 21.1. The standard InChI is InChI=1S/C14H21N3O4/c1-10-2-4-14(5-3-10,12(18)19)16-13(20)17-6-7-21-11(8-15)9-17/h10-11H,2-7,9H2,1H3,(H,16,20)(H,18,19). The molecule has 2 fully saturated rings. The van der Waals surface area contributed by atoms with E-state index in [9.17, 15) is 14.7 Å². The maximum absolute atomic E-state index is 12.3. The molecule has 0 aromatic rings. The lowest BCUT2D eigenvalue weighted by Crippen LogP contribution is -2.61. The first kappa shape index (κ1) is 15.6. The highest BCUT2D eigenvalue weighted by atomic mass is 16.5. The largest absolute Gasteiger partial charge is 0.480 e. The van der Waals surface area contributed by atoms with Gasteiger partial charge < -0.3 is 20.1 Å². The van der Waals surface area contributed by atoms with Crippen LogP contribution < -0.4 is 5.32 Å². The fourth-order valence-corrected chi connectivity index (χ4v) is 2.84. The van der Waals surface area contributed by atoms with Crippen molar-refractivity contribution in [1.82, 2.24) is 10.2 Å². The van der Waals surface area contributed by atoms with E-state index in [1.54, 1.807) is 0 Å². The van der Waals surface area contributed by atoms with Crippen molar-refractivity contribution in [3.8, 4) is 6.07 Å². The number of carbonyl (C=O) groups is 2. The number of aliphatic carboxylic acids is 1. The van der Waals surface area contributed by atoms with Crippen molar-refractivity contribution in [2.75, 3.05) is 19.7 Å². The molecule has 0 aromatic heterocycles. The van der Waals surface area contributed by atoms with Crippen LogP contribution in [-0.2, 0) is 9.53 Å². The average molecular weight is 295 g/mol. The summed E-state index contributed by atoms with van der Waals surface area (Å²) in [5.41, 5.74) is -1.18. The Morgan fingerprint density at radius 2 is 2.10 bits per heavy atom. The van der Waals surface area contributed by atoms with Crippen LogP contribution in [0.1, 0.15) is 32.6 Å². The lowest BCUT2D eigenvalue weighted by molar-refractivity contribution is -0.146. The fourth-order valence-electron chi connectivity index (χ4n) is 2.84. The van der Waals surface area contributed by atoms with Gasteiger partial charge >= 0.3 is 12.0 Å². The lowest BCUT2D eigenvalue weighted by atomic mass is 9.77. The van der Waals surface area contributed by atoms with Crippen molar-refractivity contribution in [3.63, 3.8) is 0 Å². The normalized spacial score (nSPS) is 33.0. The second-order valence-electron chi connectivity index (χ2n) is 5.93. The molecule has 0 bridgehead atoms. The zero-order chi connectivity index (χ0) is 15.5. The molecular weight excluding hydrogens is 274 g/mol. The molecule has 1 unspecified atom stereocenters. The van der Waals surface area contributed by atoms with Crippen LogP contribution >= 0.6 is 0 Å². The summed E-state index contributed by atoms with van der Waals surface area (Å²) < 4.78 is 5.19. The maximum atomic E-state index is 12.3. The number of rotatable bonds is 2. The van der Waals surface area contributed by atoms with E-state index < -0.39 is 23.6 Å². The molecule has 1 saturated heterocycles. The molecule has 21 heavy (non-hydrogen) atoms. The van der Waals surface area contributed by atoms with Gasteiger partial charge in [-0.05, 0) is 31.6 Å². The van der Waals surface area contributed by atoms with Crippen molar-refractivity contribution in [2.45, 2.75) is 44.2 Å². The number of nitriles is 1. The van der Waals surface area contributed by atoms with E-state index in [2.05, 4.69) is 12.2 Å². The molecule has 1 saturated carbocycles. The Morgan fingerprint density at radius 1 is 1.43 bits per heavy atom. The van der Waals surface area contributed by atoms with Crippen molar-refractivity contribution in [2.24, 2.45) is 5.92 Å². The number of hydrogen-bond donors (Lipinski definition) is 2. The van der Waals surface area contributed by atoms with Crippen LogP contribution in [0.3, 0.4) is 0 Å². The fraction of sp³-hybridized carbons (Fsp3) is 0.786. The number of carboxylic acid groups (broad SMARTS) is 1. The molecule has 2 rings (SSSR count). The summed E-state index contributed by atoms with van der Waals surface area (Å²) in [6, 6.07) is 1.55. The van der Waals surface area contributed by atoms with Gasteiger partial charge in [-0.15, -0.1) is 0 Å². The topological polar surface area (TPSA) is 103 Å². The first-order chi connectivity index (χ1) is 9.97. The molecule has 116 valence electrons. The Kier molecular flexibility index (Phi) is 4.68. The third-order valence-corrected chi connectivity index (χ3v) is 4.38. The molecular formula is C14H21N3O4. The summed E-state index contributed by atoms with van der Waals surface area (Å²) in [6.07, 6.45) is 1.83. The van der Waals surface area contributed by atoms with E-state index in [1.807, 2.05) is 6.07 Å². The second-order valence-corrected chi connectivity index (χ2v) is 5.93. The molecule has 0 radical (unpaired) electrons. The van der Waals surface area contributed by atoms with Gasteiger partial charge in [0.1, 0.15) is 5.54 Å². The van der Waals surface area contributed by atoms with Gasteiger partial charge in [-0.1, -0.05) is 6.92 Å². The van der Waals surface area contributed by atoms with Gasteiger partial charge in [-0.2, -0.15) is 5.26 Å². The summed E-state index contributed by atoms with van der Waals surface area (Å²) in [5.74, 6) is -0.492. The number of ether oxygens (including phenoxy) is 1. The molecule has 2 amide bonds. The Morgan fingerprint density at radius 3 is 2.67 bits per heavy atom. The molecule has 1 aliphatic heterocycles. The number of amides is 2. The smallest absolute Gasteiger partial charge is 0.329 e. The molecule has 1 aliphatic carbocycles. The molecule has 1 atom stereocenters. The Balaban J connectivity index is 2.02. The number of carbonyl (C=O) groups excluding carboxylic acids is 1. The second kappa shape index (κ2) is 6.31. The SMILES string of the molecule is CC1CCC(NC(=O)N2CCOC(C#N)C2)(C(=O)O)CC1. The van der Waals surface area contributed by atoms with Crippen LogP contribution in [0.15, 0.2) is 0 Å². The van der Waals surface area contributed by atoms with Crippen molar-refractivity contribution in [1.29, 1.82) is 5.26 Å². The summed E-state index contributed by atoms with van der Waals surface area (Å²) in [7, 11) is 0. The number of nitrogens with one attached hydrogen (secondary N) is 1. The van der Waals surface area contributed by atoms with Crippen LogP contribution in [0.5, 0.6) is 0 Å². The average Bonchev–Trinajstić information content (AvgIpc) is 2.49. The van der Waals surface area contributed by atoms with Crippen molar-refractivity contribution in [3.05, 3.63) is 0 Å². The number of nitrogens with zero attached hydrogens (tertiary/aromatic N) is 2. The summed E-state index contributed by atoms with van der Waals surface area (Å²) >= 11 is 0. The predicted molar refractivity (Wildman–Crippen MR) is 73.5 cm³/mol. The molecule has 1 heterocycles. The first-order valence-electron chi connectivity index (χ1n) is 7.28. The van der Waals surface area contributed by atoms with E-state index in [0.717, 1.165) is 12.8 Å². The Bertz CT molecular complexity index is 452. The van der Waals surface area contributed by atoms with Crippen molar-refractivity contribution < 1.29 is 19.4 Å². The maximum Gasteiger partial charge on any atom is 0.329 e. The van der Waals surface area contributed by atoms with Crippen LogP contribution in [0.2, 0.25) is 0 Å². The predicted octanol–water partition coefficient (Wildman–Crippen LogP) is 0.954. The highest BCUT2D eigenvalue weighted by Gasteiger charge is 2.43. The highest BCUT2D eigenvalue weighted by molar-refractivity contribution is 5.86. The van der Waals surface area contributed by atoms with E-state index in [4.69, 9.17) is 10.00 Å². The monoisotopic (exact) mass is 295 g/mol. The Hall–Kier alpha value is -1.81. The molecule has 7 nitrogen and oxygen atoms in total. The highest BCUT2D eigenvalue weighted by Crippen LogP contribution is 2.32. The third-order valence-electron chi connectivity index (χ3n) is 4.38. The summed E-state index contributed by atoms with van der Waals surface area (Å²) in [4.78, 5) is 25.4. The molecule has 0 aromatic carbocycles. The first-order valence-corrected chi connectivity index (χ1v) is 7.28. The molecule has 2 N–H and O–H groups in total. The molecule has 0 spiro atoms. The minimum absolute atomic E-state index is 0.175. The minimum atomic E-state index is -1.18. The van der Waals surface area contributed by atoms with Gasteiger partial charge in [0.2, 0.25) is 0 Å². The van der Waals surface area contributed by atoms with Crippen LogP contribution in [0.4, 0.5) is 4.79 Å². The number of carboxylic acids is 1. The van der Waals surface area contributed by atoms with Gasteiger partial charge in [-0.25, -0.2) is 9.59 Å². The van der Waals surface area contributed by atoms with E-state index in [1.165, 1.54) is 4.90 Å². The lowest BCUT2D eigenvalue weighted by Gasteiger charge is -2.39. The van der Waals surface area contributed by atoms with Crippen molar-refractivity contribution >= 4 is 12.0 Å². The zero-order valence-corrected chi connectivity index (χ0v) is 12.2. The number of hydrogen-bond acceptors (Lipinski definition) is 4. The van der Waals surface area contributed by atoms with Crippen LogP contribution in [0, 0.1) is 17.2 Å². The van der Waals surface area contributed by atoms with Crippen LogP contribution in [-0.4, -0.2) is 53.3 Å². The molecule has 2 aliphatic rings.